The molecule has 1 aromatic rings. The molecule has 0 spiro atoms. The molecule has 1 aromatic carbocycles. The molecule has 0 bridgehead atoms. The zero-order valence-corrected chi connectivity index (χ0v) is 11.9. The molecule has 2 unspecified atom stereocenters. The molecule has 1 aliphatic rings. The van der Waals surface area contributed by atoms with Crippen molar-refractivity contribution in [1.29, 1.82) is 0 Å². The predicted molar refractivity (Wildman–Crippen MR) is 79.5 cm³/mol. The molecule has 104 valence electrons. The van der Waals surface area contributed by atoms with E-state index in [1.54, 1.807) is 6.07 Å². The fourth-order valence-corrected chi connectivity index (χ4v) is 2.76. The SMILES string of the molecule is CC(=O)c1ccc(NC2CCN(C)CC2C)cc1N. The number of rotatable bonds is 3. The van der Waals surface area contributed by atoms with Gasteiger partial charge in [0.2, 0.25) is 0 Å². The van der Waals surface area contributed by atoms with Crippen molar-refractivity contribution in [2.75, 3.05) is 31.2 Å². The van der Waals surface area contributed by atoms with Crippen LogP contribution in [0.5, 0.6) is 0 Å². The first-order valence-corrected chi connectivity index (χ1v) is 6.83. The number of ketones is 1. The van der Waals surface area contributed by atoms with Crippen LogP contribution in [0.3, 0.4) is 0 Å². The summed E-state index contributed by atoms with van der Waals surface area (Å²) >= 11 is 0. The molecule has 0 radical (unpaired) electrons. The average molecular weight is 261 g/mol. The Balaban J connectivity index is 2.07. The van der Waals surface area contributed by atoms with Gasteiger partial charge < -0.3 is 16.0 Å². The van der Waals surface area contributed by atoms with Crippen molar-refractivity contribution in [2.24, 2.45) is 5.92 Å². The van der Waals surface area contributed by atoms with Crippen molar-refractivity contribution in [3.63, 3.8) is 0 Å². The summed E-state index contributed by atoms with van der Waals surface area (Å²) in [6, 6.07) is 6.08. The molecule has 2 atom stereocenters. The Hall–Kier alpha value is -1.55. The minimum absolute atomic E-state index is 0.0108. The van der Waals surface area contributed by atoms with Crippen LogP contribution in [-0.2, 0) is 0 Å². The molecule has 0 saturated carbocycles. The minimum atomic E-state index is 0.0108. The molecule has 1 aliphatic heterocycles. The van der Waals surface area contributed by atoms with Gasteiger partial charge in [0.25, 0.3) is 0 Å². The first-order chi connectivity index (χ1) is 8.97. The number of piperidine rings is 1. The Kier molecular flexibility index (Phi) is 4.10. The van der Waals surface area contributed by atoms with Crippen LogP contribution in [0, 0.1) is 5.92 Å². The molecule has 0 amide bonds. The van der Waals surface area contributed by atoms with Gasteiger partial charge in [0.15, 0.2) is 5.78 Å². The van der Waals surface area contributed by atoms with Crippen LogP contribution >= 0.6 is 0 Å². The smallest absolute Gasteiger partial charge is 0.161 e. The Morgan fingerprint density at radius 3 is 2.79 bits per heavy atom. The zero-order valence-electron chi connectivity index (χ0n) is 11.9. The third-order valence-electron chi connectivity index (χ3n) is 3.89. The number of anilines is 2. The maximum atomic E-state index is 11.3. The highest BCUT2D eigenvalue weighted by molar-refractivity contribution is 5.99. The normalized spacial score (nSPS) is 24.2. The summed E-state index contributed by atoms with van der Waals surface area (Å²) in [5.74, 6) is 0.615. The molecule has 0 aliphatic carbocycles. The maximum absolute atomic E-state index is 11.3. The van der Waals surface area contributed by atoms with E-state index >= 15 is 0 Å². The van der Waals surface area contributed by atoms with Gasteiger partial charge in [-0.3, -0.25) is 4.79 Å². The van der Waals surface area contributed by atoms with Crippen LogP contribution < -0.4 is 11.1 Å². The van der Waals surface area contributed by atoms with E-state index in [1.165, 1.54) is 6.92 Å². The molecule has 0 aromatic heterocycles. The van der Waals surface area contributed by atoms with E-state index in [4.69, 9.17) is 5.73 Å². The lowest BCUT2D eigenvalue weighted by Gasteiger charge is -2.35. The lowest BCUT2D eigenvalue weighted by Crippen LogP contribution is -2.43. The van der Waals surface area contributed by atoms with Crippen molar-refractivity contribution >= 4 is 17.2 Å². The van der Waals surface area contributed by atoms with Gasteiger partial charge in [-0.15, -0.1) is 0 Å². The molecule has 4 heteroatoms. The fourth-order valence-electron chi connectivity index (χ4n) is 2.76. The summed E-state index contributed by atoms with van der Waals surface area (Å²) < 4.78 is 0. The summed E-state index contributed by atoms with van der Waals surface area (Å²) in [4.78, 5) is 13.7. The highest BCUT2D eigenvalue weighted by Gasteiger charge is 2.24. The number of nitrogens with one attached hydrogen (secondary N) is 1. The highest BCUT2D eigenvalue weighted by atomic mass is 16.1. The minimum Gasteiger partial charge on any atom is -0.398 e. The molecule has 2 rings (SSSR count). The van der Waals surface area contributed by atoms with E-state index in [0.717, 1.165) is 25.2 Å². The van der Waals surface area contributed by atoms with E-state index in [0.29, 0.717) is 23.2 Å². The number of benzene rings is 1. The van der Waals surface area contributed by atoms with Gasteiger partial charge in [0, 0.05) is 29.5 Å². The van der Waals surface area contributed by atoms with Crippen LogP contribution in [0.4, 0.5) is 11.4 Å². The third kappa shape index (κ3) is 3.26. The Bertz CT molecular complexity index is 472. The number of likely N-dealkylation sites (tertiary alicyclic amines) is 1. The second-order valence-electron chi connectivity index (χ2n) is 5.64. The van der Waals surface area contributed by atoms with Crippen LogP contribution in [0.1, 0.15) is 30.6 Å². The average Bonchev–Trinajstić information content (AvgIpc) is 2.32. The molecular weight excluding hydrogens is 238 g/mol. The molecule has 1 saturated heterocycles. The van der Waals surface area contributed by atoms with E-state index in [9.17, 15) is 4.79 Å². The van der Waals surface area contributed by atoms with Gasteiger partial charge >= 0.3 is 0 Å². The summed E-state index contributed by atoms with van der Waals surface area (Å²) in [5.41, 5.74) is 8.07. The van der Waals surface area contributed by atoms with Gasteiger partial charge in [0.1, 0.15) is 0 Å². The lowest BCUT2D eigenvalue weighted by molar-refractivity contribution is 0.101. The Morgan fingerprint density at radius 1 is 1.47 bits per heavy atom. The summed E-state index contributed by atoms with van der Waals surface area (Å²) in [6.45, 7) is 6.03. The number of nitrogen functional groups attached to an aromatic ring is 1. The van der Waals surface area contributed by atoms with Crippen molar-refractivity contribution in [3.8, 4) is 0 Å². The number of nitrogens with two attached hydrogens (primary N) is 1. The number of hydrogen-bond acceptors (Lipinski definition) is 4. The molecule has 1 fully saturated rings. The number of Topliss-reactive ketones (excluding diaryl/α,β-unsaturated/α-hetero) is 1. The largest absolute Gasteiger partial charge is 0.398 e. The Labute approximate surface area is 115 Å². The second kappa shape index (κ2) is 5.61. The third-order valence-corrected chi connectivity index (χ3v) is 3.89. The maximum Gasteiger partial charge on any atom is 0.161 e. The molecule has 3 N–H and O–H groups in total. The van der Waals surface area contributed by atoms with Crippen molar-refractivity contribution < 1.29 is 4.79 Å². The van der Waals surface area contributed by atoms with E-state index in [2.05, 4.69) is 24.2 Å². The molecular formula is C15H23N3O. The van der Waals surface area contributed by atoms with Gasteiger partial charge in [-0.25, -0.2) is 0 Å². The van der Waals surface area contributed by atoms with Gasteiger partial charge in [-0.05, 0) is 51.1 Å². The van der Waals surface area contributed by atoms with Crippen LogP contribution in [0.15, 0.2) is 18.2 Å². The fraction of sp³-hybridized carbons (Fsp3) is 0.533. The summed E-state index contributed by atoms with van der Waals surface area (Å²) in [7, 11) is 2.16. The quantitative estimate of drug-likeness (QED) is 0.647. The first kappa shape index (κ1) is 13.9. The van der Waals surface area contributed by atoms with Crippen molar-refractivity contribution in [3.05, 3.63) is 23.8 Å². The summed E-state index contributed by atoms with van der Waals surface area (Å²) in [6.07, 6.45) is 1.13. The first-order valence-electron chi connectivity index (χ1n) is 6.83. The Morgan fingerprint density at radius 2 is 2.21 bits per heavy atom. The van der Waals surface area contributed by atoms with Gasteiger partial charge in [-0.1, -0.05) is 6.92 Å². The molecule has 19 heavy (non-hydrogen) atoms. The second-order valence-corrected chi connectivity index (χ2v) is 5.64. The topological polar surface area (TPSA) is 58.4 Å². The monoisotopic (exact) mass is 261 g/mol. The van der Waals surface area contributed by atoms with E-state index < -0.39 is 0 Å². The van der Waals surface area contributed by atoms with Crippen molar-refractivity contribution in [2.45, 2.75) is 26.3 Å². The highest BCUT2D eigenvalue weighted by Crippen LogP contribution is 2.23. The summed E-state index contributed by atoms with van der Waals surface area (Å²) in [5, 5.41) is 3.54. The lowest BCUT2D eigenvalue weighted by atomic mass is 9.94. The van der Waals surface area contributed by atoms with Crippen LogP contribution in [0.2, 0.25) is 0 Å². The van der Waals surface area contributed by atoms with Crippen LogP contribution in [0.25, 0.3) is 0 Å². The van der Waals surface area contributed by atoms with E-state index in [1.807, 2.05) is 12.1 Å². The molecule has 4 nitrogen and oxygen atoms in total. The van der Waals surface area contributed by atoms with E-state index in [-0.39, 0.29) is 5.78 Å². The number of carbonyl (C=O) groups excluding carboxylic acids is 1. The number of hydrogen-bond donors (Lipinski definition) is 2. The number of carbonyl (C=O) groups is 1. The van der Waals surface area contributed by atoms with Gasteiger partial charge in [0.05, 0.1) is 0 Å². The standard InChI is InChI=1S/C15H23N3O/c1-10-9-18(3)7-6-15(10)17-12-4-5-13(11(2)19)14(16)8-12/h4-5,8,10,15,17H,6-7,9,16H2,1-3H3. The van der Waals surface area contributed by atoms with Gasteiger partial charge in [-0.2, -0.15) is 0 Å². The number of nitrogens with zero attached hydrogens (tertiary/aromatic N) is 1. The van der Waals surface area contributed by atoms with Crippen molar-refractivity contribution in [1.82, 2.24) is 4.90 Å². The predicted octanol–water partition coefficient (Wildman–Crippen LogP) is 2.22. The van der Waals surface area contributed by atoms with Crippen LogP contribution in [-0.4, -0.2) is 36.9 Å². The zero-order chi connectivity index (χ0) is 14.0. The molecule has 1 heterocycles.